The number of anilines is 1. The molecule has 0 radical (unpaired) electrons. The summed E-state index contributed by atoms with van der Waals surface area (Å²) in [6, 6.07) is 11.7. The molecule has 0 unspecified atom stereocenters. The van der Waals surface area contributed by atoms with E-state index in [0.717, 1.165) is 13.1 Å². The summed E-state index contributed by atoms with van der Waals surface area (Å²) >= 11 is 1.76. The molecule has 3 nitrogen and oxygen atoms in total. The van der Waals surface area contributed by atoms with E-state index in [1.807, 2.05) is 0 Å². The zero-order valence-corrected chi connectivity index (χ0v) is 15.0. The van der Waals surface area contributed by atoms with Gasteiger partial charge in [-0.05, 0) is 67.0 Å². The quantitative estimate of drug-likeness (QED) is 0.874. The minimum atomic E-state index is 0.657. The summed E-state index contributed by atoms with van der Waals surface area (Å²) < 4.78 is 0. The Balaban J connectivity index is 1.62. The van der Waals surface area contributed by atoms with Gasteiger partial charge in [-0.25, -0.2) is 0 Å². The number of nitrogens with one attached hydrogen (secondary N) is 1. The zero-order chi connectivity index (χ0) is 16.1. The van der Waals surface area contributed by atoms with Crippen LogP contribution in [0.2, 0.25) is 0 Å². The maximum atomic E-state index is 3.58. The van der Waals surface area contributed by atoms with Crippen LogP contribution in [-0.2, 0) is 13.1 Å². The minimum absolute atomic E-state index is 0.657. The van der Waals surface area contributed by atoms with Crippen LogP contribution >= 0.6 is 11.3 Å². The average molecular weight is 330 g/mol. The van der Waals surface area contributed by atoms with Gasteiger partial charge in [-0.1, -0.05) is 18.2 Å². The van der Waals surface area contributed by atoms with Crippen molar-refractivity contribution in [3.8, 4) is 0 Å². The van der Waals surface area contributed by atoms with Gasteiger partial charge >= 0.3 is 0 Å². The van der Waals surface area contributed by atoms with Gasteiger partial charge in [0.1, 0.15) is 0 Å². The molecule has 2 heterocycles. The van der Waals surface area contributed by atoms with Crippen LogP contribution < -0.4 is 10.2 Å². The molecule has 0 atom stereocenters. The second-order valence-electron chi connectivity index (χ2n) is 6.51. The van der Waals surface area contributed by atoms with E-state index < -0.39 is 0 Å². The van der Waals surface area contributed by atoms with E-state index in [1.54, 1.807) is 11.3 Å². The summed E-state index contributed by atoms with van der Waals surface area (Å²) in [5.74, 6) is 0. The minimum Gasteiger partial charge on any atom is -0.371 e. The molecule has 23 heavy (non-hydrogen) atoms. The van der Waals surface area contributed by atoms with Gasteiger partial charge in [0.2, 0.25) is 0 Å². The van der Waals surface area contributed by atoms with E-state index in [2.05, 4.69) is 70.3 Å². The Morgan fingerprint density at radius 2 is 1.96 bits per heavy atom. The molecule has 124 valence electrons. The molecular weight excluding hydrogens is 302 g/mol. The largest absolute Gasteiger partial charge is 0.371 e. The number of rotatable bonds is 6. The maximum Gasteiger partial charge on any atom is 0.0411 e. The van der Waals surface area contributed by atoms with E-state index >= 15 is 0 Å². The Kier molecular flexibility index (Phi) is 5.70. The van der Waals surface area contributed by atoms with E-state index in [4.69, 9.17) is 0 Å². The SMILES string of the molecule is CN1CCC(N(C)c2ccccc2CNCc2ccsc2)CC1. The zero-order valence-electron chi connectivity index (χ0n) is 14.2. The molecule has 0 bridgehead atoms. The van der Waals surface area contributed by atoms with Crippen molar-refractivity contribution in [3.05, 3.63) is 52.2 Å². The number of benzene rings is 1. The molecule has 0 saturated carbocycles. The van der Waals surface area contributed by atoms with Crippen LogP contribution in [0.25, 0.3) is 0 Å². The molecule has 1 aliphatic rings. The summed E-state index contributed by atoms with van der Waals surface area (Å²) in [6.45, 7) is 4.26. The topological polar surface area (TPSA) is 18.5 Å². The summed E-state index contributed by atoms with van der Waals surface area (Å²) in [5, 5.41) is 7.93. The number of piperidine rings is 1. The van der Waals surface area contributed by atoms with Crippen molar-refractivity contribution in [1.29, 1.82) is 0 Å². The van der Waals surface area contributed by atoms with Crippen LogP contribution in [0.5, 0.6) is 0 Å². The number of hydrogen-bond acceptors (Lipinski definition) is 4. The highest BCUT2D eigenvalue weighted by Gasteiger charge is 2.21. The molecule has 2 aromatic rings. The van der Waals surface area contributed by atoms with Crippen LogP contribution in [0.3, 0.4) is 0 Å². The highest BCUT2D eigenvalue weighted by Crippen LogP contribution is 2.25. The lowest BCUT2D eigenvalue weighted by molar-refractivity contribution is 0.252. The monoisotopic (exact) mass is 329 g/mol. The van der Waals surface area contributed by atoms with Crippen molar-refractivity contribution in [2.75, 3.05) is 32.1 Å². The summed E-state index contributed by atoms with van der Waals surface area (Å²) in [5.41, 5.74) is 4.14. The lowest BCUT2D eigenvalue weighted by Crippen LogP contribution is -2.42. The first kappa shape index (κ1) is 16.5. The highest BCUT2D eigenvalue weighted by molar-refractivity contribution is 7.07. The van der Waals surface area contributed by atoms with Gasteiger partial charge in [-0.2, -0.15) is 11.3 Å². The third-order valence-corrected chi connectivity index (χ3v) is 5.56. The van der Waals surface area contributed by atoms with Crippen molar-refractivity contribution in [3.63, 3.8) is 0 Å². The molecule has 4 heteroatoms. The molecule has 0 aliphatic carbocycles. The van der Waals surface area contributed by atoms with Crippen LogP contribution in [0.1, 0.15) is 24.0 Å². The Morgan fingerprint density at radius 1 is 1.17 bits per heavy atom. The number of likely N-dealkylation sites (tertiary alicyclic amines) is 1. The predicted molar refractivity (Wildman–Crippen MR) is 100 cm³/mol. The van der Waals surface area contributed by atoms with E-state index in [0.29, 0.717) is 6.04 Å². The lowest BCUT2D eigenvalue weighted by Gasteiger charge is -2.37. The van der Waals surface area contributed by atoms with Gasteiger partial charge in [0.25, 0.3) is 0 Å². The van der Waals surface area contributed by atoms with Crippen LogP contribution in [0, 0.1) is 0 Å². The third-order valence-electron chi connectivity index (χ3n) is 4.83. The number of hydrogen-bond donors (Lipinski definition) is 1. The molecule has 1 aromatic carbocycles. The molecule has 1 N–H and O–H groups in total. The van der Waals surface area contributed by atoms with Crippen molar-refractivity contribution in [1.82, 2.24) is 10.2 Å². The van der Waals surface area contributed by atoms with Crippen molar-refractivity contribution in [2.45, 2.75) is 32.0 Å². The van der Waals surface area contributed by atoms with Crippen LogP contribution in [-0.4, -0.2) is 38.1 Å². The molecule has 0 spiro atoms. The first-order valence-electron chi connectivity index (χ1n) is 8.45. The van der Waals surface area contributed by atoms with Crippen LogP contribution in [0.15, 0.2) is 41.1 Å². The molecular formula is C19H27N3S. The van der Waals surface area contributed by atoms with Crippen LogP contribution in [0.4, 0.5) is 5.69 Å². The first-order chi connectivity index (χ1) is 11.2. The standard InChI is InChI=1S/C19H27N3S/c1-21-10-7-18(8-11-21)22(2)19-6-4-3-5-17(19)14-20-13-16-9-12-23-15-16/h3-6,9,12,15,18,20H,7-8,10-11,13-14H2,1-2H3. The Hall–Kier alpha value is -1.36. The fraction of sp³-hybridized carbons (Fsp3) is 0.474. The fourth-order valence-electron chi connectivity index (χ4n) is 3.32. The van der Waals surface area contributed by atoms with Gasteiger partial charge in [-0.3, -0.25) is 0 Å². The summed E-state index contributed by atoms with van der Waals surface area (Å²) in [4.78, 5) is 4.92. The Morgan fingerprint density at radius 3 is 2.70 bits per heavy atom. The molecule has 1 aromatic heterocycles. The van der Waals surface area contributed by atoms with Gasteiger partial charge in [-0.15, -0.1) is 0 Å². The third kappa shape index (κ3) is 4.34. The molecule has 0 amide bonds. The molecule has 1 saturated heterocycles. The second kappa shape index (κ2) is 7.95. The van der Waals surface area contributed by atoms with E-state index in [-0.39, 0.29) is 0 Å². The predicted octanol–water partition coefficient (Wildman–Crippen LogP) is 3.57. The Labute approximate surface area is 143 Å². The number of para-hydroxylation sites is 1. The molecule has 1 fully saturated rings. The van der Waals surface area contributed by atoms with Gasteiger partial charge < -0.3 is 15.1 Å². The van der Waals surface area contributed by atoms with Crippen molar-refractivity contribution in [2.24, 2.45) is 0 Å². The summed E-state index contributed by atoms with van der Waals surface area (Å²) in [7, 11) is 4.48. The maximum absolute atomic E-state index is 3.58. The van der Waals surface area contributed by atoms with Gasteiger partial charge in [0, 0.05) is 31.9 Å². The molecule has 1 aliphatic heterocycles. The first-order valence-corrected chi connectivity index (χ1v) is 9.39. The highest BCUT2D eigenvalue weighted by atomic mass is 32.1. The average Bonchev–Trinajstić information content (AvgIpc) is 3.09. The smallest absolute Gasteiger partial charge is 0.0411 e. The van der Waals surface area contributed by atoms with E-state index in [1.165, 1.54) is 42.7 Å². The Bertz CT molecular complexity index is 588. The number of nitrogens with zero attached hydrogens (tertiary/aromatic N) is 2. The molecule has 3 rings (SSSR count). The van der Waals surface area contributed by atoms with Crippen molar-refractivity contribution >= 4 is 17.0 Å². The fourth-order valence-corrected chi connectivity index (χ4v) is 3.99. The van der Waals surface area contributed by atoms with Crippen molar-refractivity contribution < 1.29 is 0 Å². The van der Waals surface area contributed by atoms with Gasteiger partial charge in [0.05, 0.1) is 0 Å². The van der Waals surface area contributed by atoms with Gasteiger partial charge in [0.15, 0.2) is 0 Å². The summed E-state index contributed by atoms with van der Waals surface area (Å²) in [6.07, 6.45) is 2.51. The lowest BCUT2D eigenvalue weighted by atomic mass is 10.0. The second-order valence-corrected chi connectivity index (χ2v) is 7.29. The number of thiophene rings is 1. The van der Waals surface area contributed by atoms with E-state index in [9.17, 15) is 0 Å². The normalized spacial score (nSPS) is 16.6.